The highest BCUT2D eigenvalue weighted by Gasteiger charge is 2.16. The number of rotatable bonds is 17. The van der Waals surface area contributed by atoms with E-state index in [9.17, 15) is 13.2 Å². The zero-order valence-electron chi connectivity index (χ0n) is 16.2. The molecule has 25 heavy (non-hydrogen) atoms. The van der Waals surface area contributed by atoms with Crippen molar-refractivity contribution in [1.82, 2.24) is 0 Å². The molecule has 0 rings (SSSR count). The largest absolute Gasteiger partial charge is 0.481 e. The molecule has 4 nitrogen and oxygen atoms in total. The van der Waals surface area contributed by atoms with E-state index in [0.29, 0.717) is 0 Å². The summed E-state index contributed by atoms with van der Waals surface area (Å²) in [4.78, 5) is 10.4. The highest BCUT2D eigenvalue weighted by atomic mass is 32.2. The van der Waals surface area contributed by atoms with Crippen LogP contribution >= 0.6 is 0 Å². The van der Waals surface area contributed by atoms with Gasteiger partial charge in [-0.3, -0.25) is 4.79 Å². The van der Waals surface area contributed by atoms with Crippen molar-refractivity contribution in [3.8, 4) is 0 Å². The summed E-state index contributed by atoms with van der Waals surface area (Å²) in [5.74, 6) is -0.722. The third-order valence-corrected chi connectivity index (χ3v) is 6.00. The lowest BCUT2D eigenvalue weighted by molar-refractivity contribution is -0.137. The summed E-state index contributed by atoms with van der Waals surface area (Å²) in [6.07, 6.45) is 19.1. The molecular formula is C20H38O4S. The van der Waals surface area contributed by atoms with Crippen molar-refractivity contribution in [3.05, 3.63) is 12.2 Å². The van der Waals surface area contributed by atoms with Crippen molar-refractivity contribution in [1.29, 1.82) is 0 Å². The van der Waals surface area contributed by atoms with Gasteiger partial charge in [-0.25, -0.2) is 8.42 Å². The van der Waals surface area contributed by atoms with Crippen LogP contribution in [-0.2, 0) is 14.6 Å². The second kappa shape index (κ2) is 15.4. The molecule has 0 aromatic carbocycles. The first-order valence-electron chi connectivity index (χ1n) is 9.95. The molecule has 0 aromatic rings. The van der Waals surface area contributed by atoms with Crippen molar-refractivity contribution in [2.45, 2.75) is 102 Å². The number of allylic oxidation sites excluding steroid dienone is 1. The summed E-state index contributed by atoms with van der Waals surface area (Å²) in [6.45, 7) is 2.19. The molecule has 0 saturated carbocycles. The molecule has 0 aliphatic rings. The van der Waals surface area contributed by atoms with Gasteiger partial charge in [0.1, 0.15) is 0 Å². The first kappa shape index (κ1) is 24.2. The number of carbonyl (C=O) groups is 1. The van der Waals surface area contributed by atoms with Crippen molar-refractivity contribution < 1.29 is 18.3 Å². The van der Waals surface area contributed by atoms with Gasteiger partial charge in [-0.15, -0.1) is 0 Å². The zero-order valence-corrected chi connectivity index (χ0v) is 17.0. The van der Waals surface area contributed by atoms with Gasteiger partial charge < -0.3 is 5.11 Å². The van der Waals surface area contributed by atoms with Crippen LogP contribution in [0.1, 0.15) is 96.8 Å². The fourth-order valence-corrected chi connectivity index (χ4v) is 3.89. The van der Waals surface area contributed by atoms with Gasteiger partial charge >= 0.3 is 5.97 Å². The normalized spacial score (nSPS) is 13.4. The second-order valence-corrected chi connectivity index (χ2v) is 9.32. The highest BCUT2D eigenvalue weighted by molar-refractivity contribution is 7.91. The summed E-state index contributed by atoms with van der Waals surface area (Å²) in [7, 11) is -3.02. The smallest absolute Gasteiger partial charge is 0.303 e. The van der Waals surface area contributed by atoms with Crippen LogP contribution in [0.2, 0.25) is 0 Å². The quantitative estimate of drug-likeness (QED) is 0.269. The third-order valence-electron chi connectivity index (χ3n) is 4.50. The van der Waals surface area contributed by atoms with E-state index >= 15 is 0 Å². The minimum atomic E-state index is -3.02. The Hall–Kier alpha value is -0.840. The minimum Gasteiger partial charge on any atom is -0.481 e. The average molecular weight is 375 g/mol. The van der Waals surface area contributed by atoms with Crippen LogP contribution in [0.5, 0.6) is 0 Å². The number of aliphatic carboxylic acids is 1. The van der Waals surface area contributed by atoms with Crippen molar-refractivity contribution in [2.24, 2.45) is 0 Å². The molecule has 0 aromatic heterocycles. The molecule has 0 saturated heterocycles. The van der Waals surface area contributed by atoms with Crippen LogP contribution in [0.3, 0.4) is 0 Å². The molecular weight excluding hydrogens is 336 g/mol. The molecule has 1 unspecified atom stereocenters. The minimum absolute atomic E-state index is 0.258. The van der Waals surface area contributed by atoms with E-state index in [1.807, 2.05) is 12.2 Å². The number of carboxylic acids is 1. The van der Waals surface area contributed by atoms with Crippen LogP contribution in [0.25, 0.3) is 0 Å². The van der Waals surface area contributed by atoms with Crippen LogP contribution < -0.4 is 0 Å². The molecule has 5 heteroatoms. The third kappa shape index (κ3) is 16.4. The first-order chi connectivity index (χ1) is 11.9. The standard InChI is InChI=1S/C20H38O4S/c1-3-4-5-6-10-13-16-19(25(2,23)24)17-14-11-8-7-9-12-15-18-20(21)22/h14,17,19H,3-13,15-16,18H2,1-2H3,(H,21,22). The fourth-order valence-electron chi connectivity index (χ4n) is 2.90. The molecule has 0 heterocycles. The van der Waals surface area contributed by atoms with E-state index in [1.165, 1.54) is 31.9 Å². The Labute approximate surface area is 155 Å². The van der Waals surface area contributed by atoms with Gasteiger partial charge in [-0.05, 0) is 25.7 Å². The van der Waals surface area contributed by atoms with E-state index in [2.05, 4.69) is 6.92 Å². The number of carboxylic acid groups (broad SMARTS) is 1. The molecule has 0 bridgehead atoms. The summed E-state index contributed by atoms with van der Waals surface area (Å²) in [6, 6.07) is 0. The lowest BCUT2D eigenvalue weighted by Crippen LogP contribution is -2.17. The Kier molecular flexibility index (Phi) is 14.9. The van der Waals surface area contributed by atoms with Crippen molar-refractivity contribution in [3.63, 3.8) is 0 Å². The molecule has 0 aliphatic carbocycles. The average Bonchev–Trinajstić information content (AvgIpc) is 2.53. The lowest BCUT2D eigenvalue weighted by atomic mass is 10.1. The van der Waals surface area contributed by atoms with Crippen molar-refractivity contribution >= 4 is 15.8 Å². The Morgan fingerprint density at radius 3 is 2.08 bits per heavy atom. The SMILES string of the molecule is CCCCCCCCC(C=CCCCCCCCC(=O)O)S(C)(=O)=O. The topological polar surface area (TPSA) is 71.4 Å². The number of unbranched alkanes of at least 4 members (excludes halogenated alkanes) is 10. The summed E-state index contributed by atoms with van der Waals surface area (Å²) in [5, 5.41) is 8.22. The molecule has 0 fully saturated rings. The predicted octanol–water partition coefficient (Wildman–Crippen LogP) is 5.52. The van der Waals surface area contributed by atoms with E-state index in [1.54, 1.807) is 0 Å². The second-order valence-electron chi connectivity index (χ2n) is 7.05. The summed E-state index contributed by atoms with van der Waals surface area (Å²) >= 11 is 0. The van der Waals surface area contributed by atoms with Gasteiger partial charge in [0.2, 0.25) is 0 Å². The highest BCUT2D eigenvalue weighted by Crippen LogP contribution is 2.15. The Morgan fingerprint density at radius 2 is 1.48 bits per heavy atom. The van der Waals surface area contributed by atoms with Gasteiger partial charge in [0.15, 0.2) is 9.84 Å². The van der Waals surface area contributed by atoms with Crippen LogP contribution in [0.15, 0.2) is 12.2 Å². The maximum absolute atomic E-state index is 11.9. The Bertz CT molecular complexity index is 454. The number of hydrogen-bond donors (Lipinski definition) is 1. The zero-order chi connectivity index (χ0) is 19.0. The van der Waals surface area contributed by atoms with Gasteiger partial charge in [0.05, 0.1) is 5.25 Å². The fraction of sp³-hybridized carbons (Fsp3) is 0.850. The summed E-state index contributed by atoms with van der Waals surface area (Å²) < 4.78 is 23.8. The van der Waals surface area contributed by atoms with Crippen LogP contribution in [0.4, 0.5) is 0 Å². The van der Waals surface area contributed by atoms with Gasteiger partial charge in [-0.2, -0.15) is 0 Å². The number of sulfone groups is 1. The number of hydrogen-bond acceptors (Lipinski definition) is 3. The summed E-state index contributed by atoms with van der Waals surface area (Å²) in [5.41, 5.74) is 0. The van der Waals surface area contributed by atoms with Crippen LogP contribution in [0, 0.1) is 0 Å². The van der Waals surface area contributed by atoms with E-state index in [-0.39, 0.29) is 11.7 Å². The maximum atomic E-state index is 11.9. The maximum Gasteiger partial charge on any atom is 0.303 e. The first-order valence-corrected chi connectivity index (χ1v) is 11.9. The van der Waals surface area contributed by atoms with Gasteiger partial charge in [-0.1, -0.05) is 76.9 Å². The Balaban J connectivity index is 3.87. The van der Waals surface area contributed by atoms with Gasteiger partial charge in [0, 0.05) is 12.7 Å². The predicted molar refractivity (Wildman–Crippen MR) is 106 cm³/mol. The molecule has 0 amide bonds. The lowest BCUT2D eigenvalue weighted by Gasteiger charge is -2.10. The molecule has 1 N–H and O–H groups in total. The monoisotopic (exact) mass is 374 g/mol. The van der Waals surface area contributed by atoms with E-state index in [4.69, 9.17) is 5.11 Å². The van der Waals surface area contributed by atoms with Crippen molar-refractivity contribution in [2.75, 3.05) is 6.26 Å². The molecule has 0 radical (unpaired) electrons. The molecule has 148 valence electrons. The molecule has 0 aliphatic heterocycles. The Morgan fingerprint density at radius 1 is 0.920 bits per heavy atom. The molecule has 1 atom stereocenters. The van der Waals surface area contributed by atoms with E-state index < -0.39 is 15.8 Å². The van der Waals surface area contributed by atoms with Crippen LogP contribution in [-0.4, -0.2) is 31.0 Å². The molecule has 0 spiro atoms. The van der Waals surface area contributed by atoms with E-state index in [0.717, 1.165) is 57.8 Å². The van der Waals surface area contributed by atoms with Gasteiger partial charge in [0.25, 0.3) is 0 Å².